The molecule has 2 heterocycles. The Balaban J connectivity index is 0.00000300. The molecule has 0 aliphatic carbocycles. The van der Waals surface area contributed by atoms with E-state index in [2.05, 4.69) is 10.2 Å². The van der Waals surface area contributed by atoms with Crippen molar-refractivity contribution in [3.63, 3.8) is 0 Å². The van der Waals surface area contributed by atoms with Crippen LogP contribution in [0.2, 0.25) is 5.02 Å². The minimum atomic E-state index is -0.989. The monoisotopic (exact) mass is 421 g/mol. The largest absolute Gasteiger partial charge is 0.482 e. The molecule has 1 aliphatic rings. The molecule has 0 saturated carbocycles. The van der Waals surface area contributed by atoms with Gasteiger partial charge in [0.25, 0.3) is 5.91 Å². The van der Waals surface area contributed by atoms with Gasteiger partial charge >= 0.3 is 5.97 Å². The summed E-state index contributed by atoms with van der Waals surface area (Å²) in [5.74, 6) is -0.506. The molecule has 1 amide bonds. The summed E-state index contributed by atoms with van der Waals surface area (Å²) in [6.45, 7) is 3.68. The molecular weight excluding hydrogens is 398 g/mol. The number of amides is 1. The van der Waals surface area contributed by atoms with Crippen LogP contribution in [0.25, 0.3) is 0 Å². The highest BCUT2D eigenvalue weighted by Gasteiger charge is 2.28. The predicted octanol–water partition coefficient (Wildman–Crippen LogP) is 3.80. The smallest absolute Gasteiger partial charge is 0.305 e. The van der Waals surface area contributed by atoms with E-state index in [1.807, 2.05) is 26.0 Å². The lowest BCUT2D eigenvalue weighted by Gasteiger charge is -2.30. The SMILES string of the molecule is C.CC[C@@H](Oc1cc2c(cc1Cl)N(CCC(=O)O)C(=O)CO2)c1ccc(C)nn1. The molecule has 9 heteroatoms. The van der Waals surface area contributed by atoms with Crippen LogP contribution in [-0.4, -0.2) is 40.3 Å². The van der Waals surface area contributed by atoms with Gasteiger partial charge in [-0.1, -0.05) is 26.0 Å². The van der Waals surface area contributed by atoms with E-state index in [-0.39, 0.29) is 44.0 Å². The normalized spacial score (nSPS) is 13.8. The Labute approximate surface area is 174 Å². The third kappa shape index (κ3) is 5.14. The van der Waals surface area contributed by atoms with E-state index in [0.717, 1.165) is 5.69 Å². The fraction of sp³-hybridized carbons (Fsp3) is 0.400. The molecule has 1 atom stereocenters. The van der Waals surface area contributed by atoms with Gasteiger partial charge in [-0.25, -0.2) is 0 Å². The Kier molecular flexibility index (Phi) is 7.39. The zero-order valence-corrected chi connectivity index (χ0v) is 16.3. The first-order valence-corrected chi connectivity index (χ1v) is 9.22. The molecule has 0 bridgehead atoms. The number of carboxylic acids is 1. The lowest BCUT2D eigenvalue weighted by molar-refractivity contribution is -0.136. The van der Waals surface area contributed by atoms with Crippen LogP contribution >= 0.6 is 11.6 Å². The maximum Gasteiger partial charge on any atom is 0.305 e. The van der Waals surface area contributed by atoms with Crippen molar-refractivity contribution in [3.05, 3.63) is 40.7 Å². The second-order valence-electron chi connectivity index (χ2n) is 6.34. The molecule has 0 fully saturated rings. The molecule has 0 saturated heterocycles. The molecule has 2 aromatic rings. The van der Waals surface area contributed by atoms with Crippen LogP contribution in [0.4, 0.5) is 5.69 Å². The fourth-order valence-corrected chi connectivity index (χ4v) is 3.03. The number of aliphatic carboxylic acids is 1. The van der Waals surface area contributed by atoms with Gasteiger partial charge in [0.05, 0.1) is 22.8 Å². The Hall–Kier alpha value is -2.87. The number of carbonyl (C=O) groups is 2. The van der Waals surface area contributed by atoms with Crippen molar-refractivity contribution in [2.24, 2.45) is 0 Å². The number of anilines is 1. The van der Waals surface area contributed by atoms with Crippen LogP contribution in [0, 0.1) is 6.92 Å². The second-order valence-corrected chi connectivity index (χ2v) is 6.75. The van der Waals surface area contributed by atoms with E-state index in [1.165, 1.54) is 4.90 Å². The molecule has 0 unspecified atom stereocenters. The molecule has 1 aromatic carbocycles. The molecule has 1 N–H and O–H groups in total. The summed E-state index contributed by atoms with van der Waals surface area (Å²) in [5, 5.41) is 17.4. The molecule has 0 spiro atoms. The maximum atomic E-state index is 12.1. The van der Waals surface area contributed by atoms with Gasteiger partial charge < -0.3 is 19.5 Å². The van der Waals surface area contributed by atoms with Crippen LogP contribution in [-0.2, 0) is 9.59 Å². The Morgan fingerprint density at radius 2 is 2.14 bits per heavy atom. The predicted molar refractivity (Wildman–Crippen MR) is 109 cm³/mol. The quantitative estimate of drug-likeness (QED) is 0.725. The van der Waals surface area contributed by atoms with Gasteiger partial charge in [-0.3, -0.25) is 9.59 Å². The number of nitrogens with zero attached hydrogens (tertiary/aromatic N) is 3. The Morgan fingerprint density at radius 1 is 1.38 bits per heavy atom. The fourth-order valence-electron chi connectivity index (χ4n) is 2.83. The summed E-state index contributed by atoms with van der Waals surface area (Å²) < 4.78 is 11.5. The Bertz CT molecular complexity index is 888. The van der Waals surface area contributed by atoms with E-state index in [9.17, 15) is 9.59 Å². The molecular formula is C20H24ClN3O5. The van der Waals surface area contributed by atoms with E-state index < -0.39 is 5.97 Å². The maximum absolute atomic E-state index is 12.1. The number of fused-ring (bicyclic) bond motifs is 1. The van der Waals surface area contributed by atoms with Gasteiger partial charge in [0.2, 0.25) is 0 Å². The minimum Gasteiger partial charge on any atom is -0.482 e. The number of aryl methyl sites for hydroxylation is 1. The number of hydrogen-bond donors (Lipinski definition) is 1. The highest BCUT2D eigenvalue weighted by atomic mass is 35.5. The van der Waals surface area contributed by atoms with Crippen molar-refractivity contribution in [1.29, 1.82) is 0 Å². The molecule has 3 rings (SSSR count). The van der Waals surface area contributed by atoms with Crippen molar-refractivity contribution in [2.75, 3.05) is 18.1 Å². The zero-order valence-electron chi connectivity index (χ0n) is 15.5. The third-order valence-electron chi connectivity index (χ3n) is 4.29. The highest BCUT2D eigenvalue weighted by Crippen LogP contribution is 2.41. The van der Waals surface area contributed by atoms with Crippen LogP contribution in [0.3, 0.4) is 0 Å². The number of halogens is 1. The number of aromatic nitrogens is 2. The summed E-state index contributed by atoms with van der Waals surface area (Å²) in [5.41, 5.74) is 1.92. The lowest BCUT2D eigenvalue weighted by Crippen LogP contribution is -2.40. The van der Waals surface area contributed by atoms with Crippen LogP contribution in [0.5, 0.6) is 11.5 Å². The number of hydrogen-bond acceptors (Lipinski definition) is 6. The average molecular weight is 422 g/mol. The van der Waals surface area contributed by atoms with E-state index in [4.69, 9.17) is 26.2 Å². The van der Waals surface area contributed by atoms with Gasteiger partial charge in [0, 0.05) is 12.6 Å². The van der Waals surface area contributed by atoms with E-state index in [0.29, 0.717) is 29.3 Å². The first-order chi connectivity index (χ1) is 13.4. The summed E-state index contributed by atoms with van der Waals surface area (Å²) in [4.78, 5) is 24.4. The number of carboxylic acid groups (broad SMARTS) is 1. The standard InChI is InChI=1S/C19H20ClN3O5.CH4/c1-3-15(13-5-4-11(2)21-22-13)28-16-9-17-14(8-12(16)20)23(7-6-19(25)26)18(24)10-27-17;/h4-5,8-9,15H,3,6-7,10H2,1-2H3,(H,25,26);1H4/t15-;/m1./s1. The van der Waals surface area contributed by atoms with Gasteiger partial charge in [-0.05, 0) is 31.5 Å². The first kappa shape index (κ1) is 22.4. The minimum absolute atomic E-state index is 0. The van der Waals surface area contributed by atoms with Gasteiger partial charge in [-0.2, -0.15) is 10.2 Å². The summed E-state index contributed by atoms with van der Waals surface area (Å²) in [6, 6.07) is 6.88. The van der Waals surface area contributed by atoms with Crippen molar-refractivity contribution < 1.29 is 24.2 Å². The summed E-state index contributed by atoms with van der Waals surface area (Å²) in [6.07, 6.45) is 0.122. The van der Waals surface area contributed by atoms with Crippen molar-refractivity contribution >= 4 is 29.2 Å². The average Bonchev–Trinajstić information content (AvgIpc) is 2.66. The number of rotatable bonds is 7. The van der Waals surface area contributed by atoms with Gasteiger partial charge in [0.15, 0.2) is 6.61 Å². The van der Waals surface area contributed by atoms with Crippen LogP contribution in [0.1, 0.15) is 44.7 Å². The summed E-state index contributed by atoms with van der Waals surface area (Å²) in [7, 11) is 0. The number of benzene rings is 1. The summed E-state index contributed by atoms with van der Waals surface area (Å²) >= 11 is 6.38. The highest BCUT2D eigenvalue weighted by molar-refractivity contribution is 6.32. The van der Waals surface area contributed by atoms with Crippen LogP contribution in [0.15, 0.2) is 24.3 Å². The van der Waals surface area contributed by atoms with Gasteiger partial charge in [-0.15, -0.1) is 0 Å². The molecule has 156 valence electrons. The number of carbonyl (C=O) groups excluding carboxylic acids is 1. The lowest BCUT2D eigenvalue weighted by atomic mass is 10.1. The van der Waals surface area contributed by atoms with E-state index in [1.54, 1.807) is 12.1 Å². The second kappa shape index (κ2) is 9.56. The zero-order chi connectivity index (χ0) is 20.3. The molecule has 1 aromatic heterocycles. The number of ether oxygens (including phenoxy) is 2. The first-order valence-electron chi connectivity index (χ1n) is 8.84. The van der Waals surface area contributed by atoms with Crippen molar-refractivity contribution in [2.45, 2.75) is 40.2 Å². The molecule has 0 radical (unpaired) electrons. The van der Waals surface area contributed by atoms with Crippen LogP contribution < -0.4 is 14.4 Å². The van der Waals surface area contributed by atoms with E-state index >= 15 is 0 Å². The van der Waals surface area contributed by atoms with Gasteiger partial charge in [0.1, 0.15) is 23.3 Å². The Morgan fingerprint density at radius 3 is 2.76 bits per heavy atom. The topological polar surface area (TPSA) is 102 Å². The third-order valence-corrected chi connectivity index (χ3v) is 4.59. The molecule has 29 heavy (non-hydrogen) atoms. The molecule has 1 aliphatic heterocycles. The van der Waals surface area contributed by atoms with Crippen molar-refractivity contribution in [3.8, 4) is 11.5 Å². The van der Waals surface area contributed by atoms with Crippen molar-refractivity contribution in [1.82, 2.24) is 10.2 Å². The molecule has 8 nitrogen and oxygen atoms in total.